The molecule has 0 spiro atoms. The summed E-state index contributed by atoms with van der Waals surface area (Å²) in [5, 5.41) is 2.25. The number of nitrogens with two attached hydrogens (primary N) is 1. The third-order valence-electron chi connectivity index (χ3n) is 2.59. The Morgan fingerprint density at radius 2 is 1.82 bits per heavy atom. The van der Waals surface area contributed by atoms with Gasteiger partial charge in [0.05, 0.1) is 11.3 Å². The van der Waals surface area contributed by atoms with Crippen molar-refractivity contribution in [3.63, 3.8) is 0 Å². The van der Waals surface area contributed by atoms with E-state index in [1.54, 1.807) is 0 Å². The van der Waals surface area contributed by atoms with E-state index in [-0.39, 0.29) is 11.3 Å². The zero-order chi connectivity index (χ0) is 16.3. The first-order chi connectivity index (χ1) is 10.3. The second kappa shape index (κ2) is 5.80. The molecule has 0 saturated heterocycles. The van der Waals surface area contributed by atoms with E-state index in [1.807, 2.05) is 0 Å². The fourth-order valence-corrected chi connectivity index (χ4v) is 1.61. The third-order valence-corrected chi connectivity index (χ3v) is 2.59. The van der Waals surface area contributed by atoms with Gasteiger partial charge in [-0.1, -0.05) is 12.1 Å². The number of benzene rings is 1. The van der Waals surface area contributed by atoms with Crippen LogP contribution in [0.1, 0.15) is 26.7 Å². The number of para-hydroxylation sites is 1. The zero-order valence-corrected chi connectivity index (χ0v) is 10.9. The van der Waals surface area contributed by atoms with Crippen molar-refractivity contribution in [2.45, 2.75) is 6.18 Å². The fraction of sp³-hybridized carbons (Fsp3) is 0.0769. The van der Waals surface area contributed by atoms with Crippen LogP contribution in [-0.4, -0.2) is 21.8 Å². The Kier molecular flexibility index (Phi) is 4.06. The average Bonchev–Trinajstić information content (AvgIpc) is 2.47. The molecule has 0 aliphatic carbocycles. The highest BCUT2D eigenvalue weighted by Crippen LogP contribution is 2.27. The predicted octanol–water partition coefficient (Wildman–Crippen LogP) is 1.85. The average molecular weight is 310 g/mol. The minimum absolute atomic E-state index is 0.0165. The summed E-state index contributed by atoms with van der Waals surface area (Å²) in [5.74, 6) is -2.45. The van der Waals surface area contributed by atoms with Gasteiger partial charge in [0.1, 0.15) is 5.69 Å². The molecule has 2 aromatic rings. The number of amides is 2. The Morgan fingerprint density at radius 1 is 1.14 bits per heavy atom. The molecule has 0 atom stereocenters. The standard InChI is InChI=1S/C13H9F3N4O2/c14-13(15,16)9-5-6-18-11(20-9)12(22)19-8-4-2-1-3-7(8)10(17)21/h1-6H,(H2,17,21)(H,19,22). The Labute approximate surface area is 122 Å². The number of primary amides is 1. The van der Waals surface area contributed by atoms with Crippen LogP contribution in [0.25, 0.3) is 0 Å². The van der Waals surface area contributed by atoms with Crippen molar-refractivity contribution in [1.82, 2.24) is 9.97 Å². The minimum Gasteiger partial charge on any atom is -0.366 e. The summed E-state index contributed by atoms with van der Waals surface area (Å²) in [6, 6.07) is 6.44. The normalized spacial score (nSPS) is 11.0. The Balaban J connectivity index is 2.29. The molecular weight excluding hydrogens is 301 g/mol. The van der Waals surface area contributed by atoms with Gasteiger partial charge in [0.25, 0.3) is 11.8 Å². The van der Waals surface area contributed by atoms with Gasteiger partial charge < -0.3 is 11.1 Å². The van der Waals surface area contributed by atoms with Crippen LogP contribution in [0.2, 0.25) is 0 Å². The van der Waals surface area contributed by atoms with Gasteiger partial charge in [-0.25, -0.2) is 9.97 Å². The molecule has 3 N–H and O–H groups in total. The van der Waals surface area contributed by atoms with Crippen molar-refractivity contribution < 1.29 is 22.8 Å². The first kappa shape index (κ1) is 15.4. The van der Waals surface area contributed by atoms with Gasteiger partial charge in [0.2, 0.25) is 5.82 Å². The van der Waals surface area contributed by atoms with Gasteiger partial charge in [0, 0.05) is 6.20 Å². The summed E-state index contributed by atoms with van der Waals surface area (Å²) in [6.07, 6.45) is -3.87. The molecule has 0 bridgehead atoms. The predicted molar refractivity (Wildman–Crippen MR) is 69.9 cm³/mol. The van der Waals surface area contributed by atoms with Crippen molar-refractivity contribution in [2.24, 2.45) is 5.73 Å². The van der Waals surface area contributed by atoms with E-state index in [4.69, 9.17) is 5.73 Å². The van der Waals surface area contributed by atoms with Crippen molar-refractivity contribution in [3.05, 3.63) is 53.6 Å². The Hall–Kier alpha value is -2.97. The quantitative estimate of drug-likeness (QED) is 0.904. The maximum atomic E-state index is 12.5. The van der Waals surface area contributed by atoms with E-state index >= 15 is 0 Å². The van der Waals surface area contributed by atoms with Crippen LogP contribution in [0.5, 0.6) is 0 Å². The molecule has 0 radical (unpaired) electrons. The van der Waals surface area contributed by atoms with Crippen molar-refractivity contribution in [3.8, 4) is 0 Å². The van der Waals surface area contributed by atoms with Crippen LogP contribution >= 0.6 is 0 Å². The van der Waals surface area contributed by atoms with Gasteiger partial charge in [0.15, 0.2) is 0 Å². The molecule has 22 heavy (non-hydrogen) atoms. The first-order valence-electron chi connectivity index (χ1n) is 5.89. The highest BCUT2D eigenvalue weighted by molar-refractivity contribution is 6.07. The van der Waals surface area contributed by atoms with Crippen LogP contribution in [0, 0.1) is 0 Å². The van der Waals surface area contributed by atoms with E-state index < -0.39 is 29.5 Å². The van der Waals surface area contributed by atoms with E-state index in [2.05, 4.69) is 15.3 Å². The maximum absolute atomic E-state index is 12.5. The number of carbonyl (C=O) groups is 2. The molecule has 9 heteroatoms. The Morgan fingerprint density at radius 3 is 2.45 bits per heavy atom. The molecule has 0 saturated carbocycles. The molecule has 0 fully saturated rings. The molecule has 1 aromatic heterocycles. The number of nitrogens with zero attached hydrogens (tertiary/aromatic N) is 2. The molecule has 2 rings (SSSR count). The molecule has 0 unspecified atom stereocenters. The first-order valence-corrected chi connectivity index (χ1v) is 5.89. The largest absolute Gasteiger partial charge is 0.433 e. The molecule has 6 nitrogen and oxygen atoms in total. The summed E-state index contributed by atoms with van der Waals surface area (Å²) in [6.45, 7) is 0. The third kappa shape index (κ3) is 3.37. The number of nitrogens with one attached hydrogen (secondary N) is 1. The number of rotatable bonds is 3. The van der Waals surface area contributed by atoms with Gasteiger partial charge in [-0.3, -0.25) is 9.59 Å². The molecule has 114 valence electrons. The molecular formula is C13H9F3N4O2. The smallest absolute Gasteiger partial charge is 0.366 e. The van der Waals surface area contributed by atoms with Gasteiger partial charge in [-0.15, -0.1) is 0 Å². The SMILES string of the molecule is NC(=O)c1ccccc1NC(=O)c1nccc(C(F)(F)F)n1. The zero-order valence-electron chi connectivity index (χ0n) is 10.9. The van der Waals surface area contributed by atoms with E-state index in [1.165, 1.54) is 24.3 Å². The molecule has 2 amide bonds. The summed E-state index contributed by atoms with van der Waals surface area (Å²) in [7, 11) is 0. The topological polar surface area (TPSA) is 98.0 Å². The summed E-state index contributed by atoms with van der Waals surface area (Å²) >= 11 is 0. The Bertz CT molecular complexity index is 731. The van der Waals surface area contributed by atoms with E-state index in [9.17, 15) is 22.8 Å². The lowest BCUT2D eigenvalue weighted by Gasteiger charge is -2.09. The minimum atomic E-state index is -4.69. The molecule has 1 aromatic carbocycles. The van der Waals surface area contributed by atoms with Crippen LogP contribution < -0.4 is 11.1 Å². The lowest BCUT2D eigenvalue weighted by atomic mass is 10.1. The molecule has 0 aliphatic heterocycles. The van der Waals surface area contributed by atoms with Crippen LogP contribution in [0.3, 0.4) is 0 Å². The van der Waals surface area contributed by atoms with E-state index in [0.717, 1.165) is 6.20 Å². The van der Waals surface area contributed by atoms with Gasteiger partial charge in [-0.05, 0) is 18.2 Å². The number of aromatic nitrogens is 2. The lowest BCUT2D eigenvalue weighted by molar-refractivity contribution is -0.141. The highest BCUT2D eigenvalue weighted by Gasteiger charge is 2.33. The monoisotopic (exact) mass is 310 g/mol. The second-order valence-electron chi connectivity index (χ2n) is 4.13. The van der Waals surface area contributed by atoms with Crippen molar-refractivity contribution >= 4 is 17.5 Å². The molecule has 0 aliphatic rings. The fourth-order valence-electron chi connectivity index (χ4n) is 1.61. The van der Waals surface area contributed by atoms with Crippen molar-refractivity contribution in [2.75, 3.05) is 5.32 Å². The van der Waals surface area contributed by atoms with E-state index in [0.29, 0.717) is 6.07 Å². The summed E-state index contributed by atoms with van der Waals surface area (Å²) in [5.41, 5.74) is 3.97. The second-order valence-corrected chi connectivity index (χ2v) is 4.13. The molecule has 1 heterocycles. The number of alkyl halides is 3. The van der Waals surface area contributed by atoms with Crippen molar-refractivity contribution in [1.29, 1.82) is 0 Å². The summed E-state index contributed by atoms with van der Waals surface area (Å²) < 4.78 is 37.6. The number of anilines is 1. The van der Waals surface area contributed by atoms with Crippen LogP contribution in [0.15, 0.2) is 36.5 Å². The van der Waals surface area contributed by atoms with Gasteiger partial charge >= 0.3 is 6.18 Å². The summed E-state index contributed by atoms with van der Waals surface area (Å²) in [4.78, 5) is 29.8. The number of halogens is 3. The van der Waals surface area contributed by atoms with Crippen LogP contribution in [-0.2, 0) is 6.18 Å². The number of hydrogen-bond donors (Lipinski definition) is 2. The maximum Gasteiger partial charge on any atom is 0.433 e. The number of hydrogen-bond acceptors (Lipinski definition) is 4. The number of carbonyl (C=O) groups excluding carboxylic acids is 2. The highest BCUT2D eigenvalue weighted by atomic mass is 19.4. The lowest BCUT2D eigenvalue weighted by Crippen LogP contribution is -2.21. The van der Waals surface area contributed by atoms with Crippen LogP contribution in [0.4, 0.5) is 18.9 Å². The van der Waals surface area contributed by atoms with Gasteiger partial charge in [-0.2, -0.15) is 13.2 Å².